The van der Waals surface area contributed by atoms with Crippen LogP contribution in [0.25, 0.3) is 0 Å². The summed E-state index contributed by atoms with van der Waals surface area (Å²) in [6, 6.07) is 0. The molecule has 2 heterocycles. The first-order valence-corrected chi connectivity index (χ1v) is 7.65. The molecule has 0 spiro atoms. The van der Waals surface area contributed by atoms with Crippen LogP contribution in [0.2, 0.25) is 0 Å². The van der Waals surface area contributed by atoms with Crippen LogP contribution in [-0.4, -0.2) is 46.7 Å². The average Bonchev–Trinajstić information content (AvgIpc) is 3.03. The molecule has 0 atom stereocenters. The minimum absolute atomic E-state index is 0.0191. The highest BCUT2D eigenvalue weighted by molar-refractivity contribution is 5.81. The van der Waals surface area contributed by atoms with Gasteiger partial charge in [0.25, 0.3) is 0 Å². The third kappa shape index (κ3) is 4.68. The van der Waals surface area contributed by atoms with E-state index < -0.39 is 18.0 Å². The van der Waals surface area contributed by atoms with Crippen LogP contribution in [-0.2, 0) is 20.5 Å². The Morgan fingerprint density at radius 1 is 1.25 bits per heavy atom. The number of likely N-dealkylation sites (tertiary alicyclic amines) is 1. The first-order valence-electron chi connectivity index (χ1n) is 7.65. The first kappa shape index (κ1) is 18.2. The number of aromatic nitrogens is 2. The van der Waals surface area contributed by atoms with Gasteiger partial charge >= 0.3 is 18.0 Å². The number of halogens is 3. The van der Waals surface area contributed by atoms with Crippen LogP contribution in [0.1, 0.15) is 50.3 Å². The quantitative estimate of drug-likeness (QED) is 0.757. The zero-order chi connectivity index (χ0) is 17.7. The largest absolute Gasteiger partial charge is 0.470 e. The second kappa shape index (κ2) is 7.63. The average molecular weight is 349 g/mol. The molecule has 2 rings (SSSR count). The lowest BCUT2D eigenvalue weighted by molar-refractivity contribution is -0.157. The number of carbonyl (C=O) groups excluding carboxylic acids is 2. The molecule has 10 heteroatoms. The molecular weight excluding hydrogens is 331 g/mol. The zero-order valence-electron chi connectivity index (χ0n) is 13.1. The van der Waals surface area contributed by atoms with E-state index >= 15 is 0 Å². The summed E-state index contributed by atoms with van der Waals surface area (Å²) in [7, 11) is 0. The molecule has 7 nitrogen and oxygen atoms in total. The lowest BCUT2D eigenvalue weighted by Gasteiger charge is -2.30. The Bertz CT molecular complexity index is 580. The third-order valence-electron chi connectivity index (χ3n) is 3.73. The lowest BCUT2D eigenvalue weighted by atomic mass is 9.96. The van der Waals surface area contributed by atoms with Crippen molar-refractivity contribution in [3.8, 4) is 0 Å². The van der Waals surface area contributed by atoms with Gasteiger partial charge in [0, 0.05) is 25.4 Å². The van der Waals surface area contributed by atoms with Crippen LogP contribution in [0.4, 0.5) is 13.2 Å². The molecule has 1 amide bonds. The Balaban J connectivity index is 1.81. The van der Waals surface area contributed by atoms with E-state index in [2.05, 4.69) is 14.6 Å². The number of esters is 1. The van der Waals surface area contributed by atoms with Crippen molar-refractivity contribution in [1.29, 1.82) is 0 Å². The van der Waals surface area contributed by atoms with Crippen LogP contribution in [0.3, 0.4) is 0 Å². The molecule has 0 aliphatic carbocycles. The van der Waals surface area contributed by atoms with Crippen molar-refractivity contribution >= 4 is 11.9 Å². The maximum Gasteiger partial charge on any atom is 0.470 e. The molecule has 0 saturated carbocycles. The molecule has 134 valence electrons. The van der Waals surface area contributed by atoms with Crippen LogP contribution in [0.15, 0.2) is 4.42 Å². The Morgan fingerprint density at radius 2 is 1.92 bits per heavy atom. The summed E-state index contributed by atoms with van der Waals surface area (Å²) in [6.45, 7) is 2.70. The number of amides is 1. The number of carbonyl (C=O) groups is 2. The minimum Gasteiger partial charge on any atom is -0.466 e. The van der Waals surface area contributed by atoms with Gasteiger partial charge in [0.2, 0.25) is 11.8 Å². The monoisotopic (exact) mass is 349 g/mol. The highest BCUT2D eigenvalue weighted by atomic mass is 19.4. The molecule has 1 aromatic rings. The van der Waals surface area contributed by atoms with E-state index in [1.807, 2.05) is 0 Å². The van der Waals surface area contributed by atoms with E-state index in [0.29, 0.717) is 25.9 Å². The molecular formula is C14H18F3N3O4. The van der Waals surface area contributed by atoms with Gasteiger partial charge in [-0.2, -0.15) is 13.2 Å². The van der Waals surface area contributed by atoms with Crippen molar-refractivity contribution in [2.75, 3.05) is 19.7 Å². The second-order valence-corrected chi connectivity index (χ2v) is 5.40. The second-order valence-electron chi connectivity index (χ2n) is 5.40. The predicted molar refractivity (Wildman–Crippen MR) is 73.7 cm³/mol. The summed E-state index contributed by atoms with van der Waals surface area (Å²) >= 11 is 0. The number of nitrogens with zero attached hydrogens (tertiary/aromatic N) is 3. The van der Waals surface area contributed by atoms with E-state index in [4.69, 9.17) is 4.74 Å². The van der Waals surface area contributed by atoms with E-state index in [0.717, 1.165) is 0 Å². The van der Waals surface area contributed by atoms with Crippen molar-refractivity contribution in [2.24, 2.45) is 0 Å². The van der Waals surface area contributed by atoms with Gasteiger partial charge in [0.1, 0.15) is 0 Å². The van der Waals surface area contributed by atoms with E-state index in [1.54, 1.807) is 11.8 Å². The minimum atomic E-state index is -4.66. The normalized spacial score (nSPS) is 16.2. The lowest BCUT2D eigenvalue weighted by Crippen LogP contribution is -2.38. The van der Waals surface area contributed by atoms with Gasteiger partial charge < -0.3 is 14.1 Å². The first-order chi connectivity index (χ1) is 11.3. The van der Waals surface area contributed by atoms with Crippen LogP contribution < -0.4 is 0 Å². The van der Waals surface area contributed by atoms with Crippen molar-refractivity contribution < 1.29 is 31.9 Å². The molecule has 0 bridgehead atoms. The Morgan fingerprint density at radius 3 is 2.46 bits per heavy atom. The maximum absolute atomic E-state index is 12.5. The molecule has 1 aliphatic heterocycles. The van der Waals surface area contributed by atoms with E-state index in [-0.39, 0.29) is 37.2 Å². The molecule has 0 aromatic carbocycles. The highest BCUT2D eigenvalue weighted by Gasteiger charge is 2.39. The van der Waals surface area contributed by atoms with Gasteiger partial charge in [-0.1, -0.05) is 0 Å². The van der Waals surface area contributed by atoms with Gasteiger partial charge in [0.15, 0.2) is 0 Å². The molecule has 24 heavy (non-hydrogen) atoms. The van der Waals surface area contributed by atoms with Crippen molar-refractivity contribution in [2.45, 2.75) is 44.7 Å². The number of rotatable bonds is 5. The smallest absolute Gasteiger partial charge is 0.466 e. The molecule has 0 N–H and O–H groups in total. The fourth-order valence-electron chi connectivity index (χ4n) is 2.49. The van der Waals surface area contributed by atoms with E-state index in [1.165, 1.54) is 0 Å². The summed E-state index contributed by atoms with van der Waals surface area (Å²) in [4.78, 5) is 24.8. The number of alkyl halides is 3. The molecule has 1 aliphatic rings. The van der Waals surface area contributed by atoms with Gasteiger partial charge in [0.05, 0.1) is 13.0 Å². The summed E-state index contributed by atoms with van der Waals surface area (Å²) in [5, 5.41) is 6.46. The van der Waals surface area contributed by atoms with Crippen LogP contribution in [0.5, 0.6) is 0 Å². The van der Waals surface area contributed by atoms with Gasteiger partial charge in [-0.05, 0) is 19.8 Å². The zero-order valence-corrected chi connectivity index (χ0v) is 13.1. The van der Waals surface area contributed by atoms with Crippen molar-refractivity contribution in [3.63, 3.8) is 0 Å². The summed E-state index contributed by atoms with van der Waals surface area (Å²) in [5.41, 5.74) is 0. The summed E-state index contributed by atoms with van der Waals surface area (Å²) < 4.78 is 46.8. The Kier molecular flexibility index (Phi) is 5.79. The Labute approximate surface area is 136 Å². The topological polar surface area (TPSA) is 85.5 Å². The summed E-state index contributed by atoms with van der Waals surface area (Å²) in [6.07, 6.45) is -3.71. The molecule has 1 saturated heterocycles. The maximum atomic E-state index is 12.5. The standard InChI is InChI=1S/C14H18F3N3O4/c1-2-23-11(22)4-3-10(21)20-7-5-9(6-8-20)12-18-19-13(24-12)14(15,16)17/h9H,2-8H2,1H3. The number of ether oxygens (including phenoxy) is 1. The molecule has 0 radical (unpaired) electrons. The van der Waals surface area contributed by atoms with Gasteiger partial charge in [-0.25, -0.2) is 0 Å². The predicted octanol–water partition coefficient (Wildman–Crippen LogP) is 2.14. The molecule has 1 fully saturated rings. The summed E-state index contributed by atoms with van der Waals surface area (Å²) in [5.74, 6) is -2.32. The SMILES string of the molecule is CCOC(=O)CCC(=O)N1CCC(c2nnc(C(F)(F)F)o2)CC1. The van der Waals surface area contributed by atoms with Crippen molar-refractivity contribution in [1.82, 2.24) is 15.1 Å². The number of piperidine rings is 1. The molecule has 0 unspecified atom stereocenters. The number of hydrogen-bond donors (Lipinski definition) is 0. The number of hydrogen-bond acceptors (Lipinski definition) is 6. The van der Waals surface area contributed by atoms with Crippen molar-refractivity contribution in [3.05, 3.63) is 11.8 Å². The third-order valence-corrected chi connectivity index (χ3v) is 3.73. The van der Waals surface area contributed by atoms with E-state index in [9.17, 15) is 22.8 Å². The van der Waals surface area contributed by atoms with Crippen LogP contribution >= 0.6 is 0 Å². The van der Waals surface area contributed by atoms with Gasteiger partial charge in [-0.3, -0.25) is 9.59 Å². The highest BCUT2D eigenvalue weighted by Crippen LogP contribution is 2.32. The molecule has 1 aromatic heterocycles. The fraction of sp³-hybridized carbons (Fsp3) is 0.714. The van der Waals surface area contributed by atoms with Crippen LogP contribution in [0, 0.1) is 0 Å². The Hall–Kier alpha value is -2.13. The van der Waals surface area contributed by atoms with Gasteiger partial charge in [-0.15, -0.1) is 10.2 Å². The fourth-order valence-corrected chi connectivity index (χ4v) is 2.49.